The zero-order valence-corrected chi connectivity index (χ0v) is 19.1. The number of nitrogens with zero attached hydrogens (tertiary/aromatic N) is 3. The van der Waals surface area contributed by atoms with E-state index in [0.29, 0.717) is 17.9 Å². The van der Waals surface area contributed by atoms with Gasteiger partial charge in [-0.3, -0.25) is 4.90 Å². The minimum atomic E-state index is -0.322. The Kier molecular flexibility index (Phi) is 5.95. The molecule has 4 aromatic rings. The Bertz CT molecular complexity index is 1350. The monoisotopic (exact) mass is 447 g/mol. The molecule has 0 aliphatic carbocycles. The fourth-order valence-electron chi connectivity index (χ4n) is 3.98. The lowest BCUT2D eigenvalue weighted by atomic mass is 10.0. The molecule has 0 unspecified atom stereocenters. The third-order valence-corrected chi connectivity index (χ3v) is 6.93. The van der Waals surface area contributed by atoms with Gasteiger partial charge in [0.25, 0.3) is 0 Å². The molecule has 1 aliphatic heterocycles. The largest absolute Gasteiger partial charge is 0.423 e. The molecule has 0 radical (unpaired) electrons. The van der Waals surface area contributed by atoms with Crippen molar-refractivity contribution >= 4 is 33.6 Å². The van der Waals surface area contributed by atoms with E-state index in [1.807, 2.05) is 31.2 Å². The lowest BCUT2D eigenvalue weighted by Crippen LogP contribution is -2.36. The van der Waals surface area contributed by atoms with Gasteiger partial charge in [0.15, 0.2) is 0 Å². The van der Waals surface area contributed by atoms with Gasteiger partial charge in [0.2, 0.25) is 0 Å². The number of aryl methyl sites for hydroxylation is 2. The van der Waals surface area contributed by atoms with E-state index < -0.39 is 0 Å². The number of fused-ring (bicyclic) bond motifs is 2. The summed E-state index contributed by atoms with van der Waals surface area (Å²) in [5.74, 6) is 1.44. The van der Waals surface area contributed by atoms with Gasteiger partial charge in [-0.15, -0.1) is 11.8 Å². The van der Waals surface area contributed by atoms with Gasteiger partial charge in [-0.2, -0.15) is 0 Å². The summed E-state index contributed by atoms with van der Waals surface area (Å²) in [4.78, 5) is 24.2. The number of rotatable bonds is 5. The molecule has 0 bridgehead atoms. The van der Waals surface area contributed by atoms with Crippen molar-refractivity contribution in [2.24, 2.45) is 0 Å². The van der Waals surface area contributed by atoms with Crippen molar-refractivity contribution in [1.82, 2.24) is 14.9 Å². The molecule has 0 spiro atoms. The summed E-state index contributed by atoms with van der Waals surface area (Å²) >= 11 is 1.64. The first-order valence-corrected chi connectivity index (χ1v) is 11.8. The molecule has 0 saturated carbocycles. The van der Waals surface area contributed by atoms with E-state index in [1.165, 1.54) is 5.56 Å². The quantitative estimate of drug-likeness (QED) is 0.254. The molecule has 1 aliphatic rings. The molecule has 0 amide bonds. The molecule has 7 heteroatoms. The topological polar surface area (TPSA) is 68.5 Å². The average molecular weight is 448 g/mol. The number of hydrogen-bond donors (Lipinski definition) is 0. The third-order valence-electron chi connectivity index (χ3n) is 5.89. The highest BCUT2D eigenvalue weighted by Gasteiger charge is 2.15. The number of aromatic nitrogens is 2. The van der Waals surface area contributed by atoms with Gasteiger partial charge in [-0.05, 0) is 48.7 Å². The molecular formula is C25H25N3O3S. The Balaban J connectivity index is 1.49. The number of thioether (sulfide) groups is 1. The predicted octanol–water partition coefficient (Wildman–Crippen LogP) is 4.48. The van der Waals surface area contributed by atoms with E-state index >= 15 is 0 Å². The zero-order valence-electron chi connectivity index (χ0n) is 18.3. The van der Waals surface area contributed by atoms with Crippen molar-refractivity contribution in [1.29, 1.82) is 0 Å². The molecule has 0 N–H and O–H groups in total. The van der Waals surface area contributed by atoms with Gasteiger partial charge in [0, 0.05) is 35.7 Å². The van der Waals surface area contributed by atoms with Gasteiger partial charge in [0.05, 0.1) is 25.3 Å². The molecule has 0 atom stereocenters. The molecule has 1 fully saturated rings. The Labute approximate surface area is 190 Å². The Hall–Kier alpha value is -2.74. The second kappa shape index (κ2) is 9.02. The van der Waals surface area contributed by atoms with Crippen LogP contribution in [0.15, 0.2) is 56.7 Å². The van der Waals surface area contributed by atoms with Crippen LogP contribution in [0.1, 0.15) is 22.5 Å². The highest BCUT2D eigenvalue weighted by atomic mass is 32.2. The van der Waals surface area contributed by atoms with E-state index in [4.69, 9.17) is 19.1 Å². The van der Waals surface area contributed by atoms with E-state index in [9.17, 15) is 4.79 Å². The highest BCUT2D eigenvalue weighted by molar-refractivity contribution is 7.98. The molecule has 5 rings (SSSR count). The normalized spacial score (nSPS) is 14.9. The summed E-state index contributed by atoms with van der Waals surface area (Å²) in [6.07, 6.45) is 0. The summed E-state index contributed by atoms with van der Waals surface area (Å²) in [6, 6.07) is 13.7. The molecule has 164 valence electrons. The minimum absolute atomic E-state index is 0.322. The highest BCUT2D eigenvalue weighted by Crippen LogP contribution is 2.31. The second-order valence-electron chi connectivity index (χ2n) is 8.16. The lowest BCUT2D eigenvalue weighted by Gasteiger charge is -2.25. The van der Waals surface area contributed by atoms with Crippen molar-refractivity contribution < 1.29 is 9.15 Å². The van der Waals surface area contributed by atoms with E-state index in [0.717, 1.165) is 64.6 Å². The van der Waals surface area contributed by atoms with Crippen LogP contribution >= 0.6 is 11.8 Å². The van der Waals surface area contributed by atoms with Crippen molar-refractivity contribution in [2.75, 3.05) is 26.3 Å². The van der Waals surface area contributed by atoms with Crippen molar-refractivity contribution in [3.63, 3.8) is 0 Å². The SMILES string of the molecule is Cc1cc2oc(=O)cc(CSc3nc(CN4CCOCC4)nc4ccccc34)c2cc1C. The van der Waals surface area contributed by atoms with E-state index in [1.54, 1.807) is 17.8 Å². The standard InChI is InChI=1S/C25H25N3O3S/c1-16-11-20-18(13-24(29)31-22(20)12-17(16)2)15-32-25-19-5-3-4-6-21(19)26-23(27-25)14-28-7-9-30-10-8-28/h3-6,11-13H,7-10,14-15H2,1-2H3. The van der Waals surface area contributed by atoms with Crippen LogP contribution in [0.25, 0.3) is 21.9 Å². The van der Waals surface area contributed by atoms with E-state index in [2.05, 4.69) is 24.0 Å². The first-order chi connectivity index (χ1) is 15.6. The van der Waals surface area contributed by atoms with Gasteiger partial charge in [-0.25, -0.2) is 14.8 Å². The average Bonchev–Trinajstić information content (AvgIpc) is 2.79. The number of ether oxygens (including phenoxy) is 1. The van der Waals surface area contributed by atoms with Crippen LogP contribution in [0.3, 0.4) is 0 Å². The summed E-state index contributed by atoms with van der Waals surface area (Å²) in [6.45, 7) is 8.09. The second-order valence-corrected chi connectivity index (χ2v) is 9.13. The fraction of sp³-hybridized carbons (Fsp3) is 0.320. The number of hydrogen-bond acceptors (Lipinski definition) is 7. The molecule has 32 heavy (non-hydrogen) atoms. The lowest BCUT2D eigenvalue weighted by molar-refractivity contribution is 0.0330. The number of morpholine rings is 1. The van der Waals surface area contributed by atoms with Crippen LogP contribution < -0.4 is 5.63 Å². The van der Waals surface area contributed by atoms with Crippen LogP contribution in [0.2, 0.25) is 0 Å². The summed E-state index contributed by atoms with van der Waals surface area (Å²) in [7, 11) is 0. The van der Waals surface area contributed by atoms with Crippen LogP contribution in [-0.2, 0) is 17.0 Å². The maximum absolute atomic E-state index is 12.2. The number of benzene rings is 2. The smallest absolute Gasteiger partial charge is 0.336 e. The Morgan fingerprint density at radius 2 is 1.78 bits per heavy atom. The molecule has 3 heterocycles. The van der Waals surface area contributed by atoms with Gasteiger partial charge in [-0.1, -0.05) is 18.2 Å². The van der Waals surface area contributed by atoms with Gasteiger partial charge in [0.1, 0.15) is 16.4 Å². The maximum atomic E-state index is 12.2. The van der Waals surface area contributed by atoms with E-state index in [-0.39, 0.29) is 5.63 Å². The first kappa shape index (κ1) is 21.1. The third kappa shape index (κ3) is 4.41. The van der Waals surface area contributed by atoms with Gasteiger partial charge < -0.3 is 9.15 Å². The molecule has 6 nitrogen and oxygen atoms in total. The minimum Gasteiger partial charge on any atom is -0.423 e. The fourth-order valence-corrected chi connectivity index (χ4v) is 5.01. The summed E-state index contributed by atoms with van der Waals surface area (Å²) < 4.78 is 10.9. The molecular weight excluding hydrogens is 422 g/mol. The van der Waals surface area contributed by atoms with Crippen molar-refractivity contribution in [3.05, 3.63) is 75.4 Å². The Morgan fingerprint density at radius 3 is 2.62 bits per heavy atom. The van der Waals surface area contributed by atoms with Crippen molar-refractivity contribution in [2.45, 2.75) is 31.2 Å². The van der Waals surface area contributed by atoms with Crippen molar-refractivity contribution in [3.8, 4) is 0 Å². The van der Waals surface area contributed by atoms with Crippen LogP contribution in [0.5, 0.6) is 0 Å². The van der Waals surface area contributed by atoms with Gasteiger partial charge >= 0.3 is 5.63 Å². The first-order valence-electron chi connectivity index (χ1n) is 10.8. The zero-order chi connectivity index (χ0) is 22.1. The molecule has 1 saturated heterocycles. The molecule has 2 aromatic heterocycles. The van der Waals surface area contributed by atoms with Crippen LogP contribution in [-0.4, -0.2) is 41.2 Å². The maximum Gasteiger partial charge on any atom is 0.336 e. The predicted molar refractivity (Wildman–Crippen MR) is 127 cm³/mol. The number of para-hydroxylation sites is 1. The molecule has 2 aromatic carbocycles. The van der Waals surface area contributed by atoms with Crippen LogP contribution in [0.4, 0.5) is 0 Å². The Morgan fingerprint density at radius 1 is 1.00 bits per heavy atom. The summed E-state index contributed by atoms with van der Waals surface area (Å²) in [5.41, 5.74) is 4.51. The van der Waals surface area contributed by atoms with Crippen LogP contribution in [0, 0.1) is 13.8 Å². The summed E-state index contributed by atoms with van der Waals surface area (Å²) in [5, 5.41) is 2.94.